The number of nitrogens with one attached hydrogen (secondary N) is 1. The molecule has 18 heavy (non-hydrogen) atoms. The molecule has 0 aliphatic heterocycles. The third-order valence-electron chi connectivity index (χ3n) is 2.87. The predicted octanol–water partition coefficient (Wildman–Crippen LogP) is 2.81. The van der Waals surface area contributed by atoms with Gasteiger partial charge in [-0.15, -0.1) is 0 Å². The zero-order valence-electron chi connectivity index (χ0n) is 10.5. The van der Waals surface area contributed by atoms with E-state index in [-0.39, 0.29) is 6.04 Å². The fourth-order valence-corrected chi connectivity index (χ4v) is 1.92. The molecule has 3 heteroatoms. The molecular weight excluding hydrogens is 224 g/mol. The Hall–Kier alpha value is -2.00. The van der Waals surface area contributed by atoms with Gasteiger partial charge in [-0.3, -0.25) is 0 Å². The van der Waals surface area contributed by atoms with Crippen LogP contribution in [-0.2, 0) is 0 Å². The van der Waals surface area contributed by atoms with Gasteiger partial charge in [-0.05, 0) is 17.7 Å². The highest BCUT2D eigenvalue weighted by Gasteiger charge is 2.11. The van der Waals surface area contributed by atoms with E-state index in [1.54, 1.807) is 7.11 Å². The molecular formula is C15H18N2O. The maximum absolute atomic E-state index is 5.84. The van der Waals surface area contributed by atoms with E-state index in [0.717, 1.165) is 11.4 Å². The first-order valence-corrected chi connectivity index (χ1v) is 5.99. The highest BCUT2D eigenvalue weighted by atomic mass is 16.5. The first-order valence-electron chi connectivity index (χ1n) is 5.99. The summed E-state index contributed by atoms with van der Waals surface area (Å²) in [5.74, 6) is 0.826. The third-order valence-corrected chi connectivity index (χ3v) is 2.87. The monoisotopic (exact) mass is 242 g/mol. The lowest BCUT2D eigenvalue weighted by Crippen LogP contribution is -2.20. The van der Waals surface area contributed by atoms with E-state index in [4.69, 9.17) is 10.5 Å². The van der Waals surface area contributed by atoms with Crippen LogP contribution in [0.4, 0.5) is 5.69 Å². The van der Waals surface area contributed by atoms with Gasteiger partial charge in [0.05, 0.1) is 18.8 Å². The van der Waals surface area contributed by atoms with Gasteiger partial charge in [0.1, 0.15) is 5.75 Å². The van der Waals surface area contributed by atoms with Crippen molar-refractivity contribution in [2.75, 3.05) is 19.0 Å². The summed E-state index contributed by atoms with van der Waals surface area (Å²) in [6.07, 6.45) is 0. The van der Waals surface area contributed by atoms with Crippen molar-refractivity contribution in [3.05, 3.63) is 60.2 Å². The van der Waals surface area contributed by atoms with Crippen molar-refractivity contribution in [1.82, 2.24) is 0 Å². The van der Waals surface area contributed by atoms with Crippen LogP contribution in [0.15, 0.2) is 54.6 Å². The van der Waals surface area contributed by atoms with Crippen LogP contribution in [0.5, 0.6) is 5.75 Å². The number of rotatable bonds is 5. The van der Waals surface area contributed by atoms with Gasteiger partial charge < -0.3 is 15.8 Å². The Bertz CT molecular complexity index is 485. The minimum atomic E-state index is 0.0856. The van der Waals surface area contributed by atoms with E-state index in [0.29, 0.717) is 6.54 Å². The van der Waals surface area contributed by atoms with Gasteiger partial charge in [0.25, 0.3) is 0 Å². The summed E-state index contributed by atoms with van der Waals surface area (Å²) in [5.41, 5.74) is 7.97. The Balaban J connectivity index is 2.21. The lowest BCUT2D eigenvalue weighted by atomic mass is 10.1. The molecule has 0 radical (unpaired) electrons. The van der Waals surface area contributed by atoms with Crippen LogP contribution in [0.25, 0.3) is 0 Å². The van der Waals surface area contributed by atoms with E-state index in [1.165, 1.54) is 5.56 Å². The highest BCUT2D eigenvalue weighted by molar-refractivity contribution is 5.57. The zero-order valence-corrected chi connectivity index (χ0v) is 10.5. The van der Waals surface area contributed by atoms with E-state index in [1.807, 2.05) is 42.5 Å². The molecule has 3 N–H and O–H groups in total. The number of benzene rings is 2. The molecule has 1 unspecified atom stereocenters. The smallest absolute Gasteiger partial charge is 0.141 e. The first-order chi connectivity index (χ1) is 8.85. The fraction of sp³-hybridized carbons (Fsp3) is 0.200. The summed E-state index contributed by atoms with van der Waals surface area (Å²) in [6.45, 7) is 0.530. The van der Waals surface area contributed by atoms with Crippen LogP contribution in [0.2, 0.25) is 0 Å². The van der Waals surface area contributed by atoms with E-state index in [2.05, 4.69) is 17.4 Å². The summed E-state index contributed by atoms with van der Waals surface area (Å²) in [5, 5.41) is 3.41. The molecule has 0 aliphatic rings. The van der Waals surface area contributed by atoms with Crippen molar-refractivity contribution in [3.63, 3.8) is 0 Å². The van der Waals surface area contributed by atoms with Gasteiger partial charge in [0.2, 0.25) is 0 Å². The first kappa shape index (κ1) is 12.5. The highest BCUT2D eigenvalue weighted by Crippen LogP contribution is 2.27. The Morgan fingerprint density at radius 3 is 2.39 bits per heavy atom. The molecule has 2 rings (SSSR count). The molecule has 1 atom stereocenters. The van der Waals surface area contributed by atoms with E-state index >= 15 is 0 Å². The predicted molar refractivity (Wildman–Crippen MR) is 74.9 cm³/mol. The average molecular weight is 242 g/mol. The second-order valence-corrected chi connectivity index (χ2v) is 4.04. The number of hydrogen-bond acceptors (Lipinski definition) is 3. The Labute approximate surface area is 108 Å². The maximum atomic E-state index is 5.84. The summed E-state index contributed by atoms with van der Waals surface area (Å²) < 4.78 is 5.32. The summed E-state index contributed by atoms with van der Waals surface area (Å²) >= 11 is 0. The lowest BCUT2D eigenvalue weighted by molar-refractivity contribution is 0.416. The van der Waals surface area contributed by atoms with Crippen LogP contribution in [-0.4, -0.2) is 13.7 Å². The molecule has 3 nitrogen and oxygen atoms in total. The number of hydrogen-bond donors (Lipinski definition) is 2. The minimum Gasteiger partial charge on any atom is -0.495 e. The molecule has 2 aromatic carbocycles. The molecule has 0 aromatic heterocycles. The molecule has 0 amide bonds. The molecule has 94 valence electrons. The van der Waals surface area contributed by atoms with Crippen molar-refractivity contribution >= 4 is 5.69 Å². The van der Waals surface area contributed by atoms with Crippen molar-refractivity contribution in [2.45, 2.75) is 6.04 Å². The SMILES string of the molecule is COc1ccccc1NC(CN)c1ccccc1. The van der Waals surface area contributed by atoms with Gasteiger partial charge in [0.15, 0.2) is 0 Å². The Kier molecular flexibility index (Phi) is 4.20. The van der Waals surface area contributed by atoms with E-state index < -0.39 is 0 Å². The zero-order chi connectivity index (χ0) is 12.8. The van der Waals surface area contributed by atoms with Gasteiger partial charge in [0, 0.05) is 6.54 Å². The standard InChI is InChI=1S/C15H18N2O/c1-18-15-10-6-5-9-13(15)17-14(11-16)12-7-3-2-4-8-12/h2-10,14,17H,11,16H2,1H3. The van der Waals surface area contributed by atoms with Gasteiger partial charge in [-0.1, -0.05) is 42.5 Å². The normalized spacial score (nSPS) is 11.9. The molecule has 0 aliphatic carbocycles. The number of methoxy groups -OCH3 is 1. The topological polar surface area (TPSA) is 47.3 Å². The number of nitrogens with two attached hydrogens (primary N) is 1. The average Bonchev–Trinajstić information content (AvgIpc) is 2.46. The number of para-hydroxylation sites is 2. The molecule has 0 bridgehead atoms. The lowest BCUT2D eigenvalue weighted by Gasteiger charge is -2.20. The van der Waals surface area contributed by atoms with Crippen LogP contribution in [0, 0.1) is 0 Å². The van der Waals surface area contributed by atoms with Crippen molar-refractivity contribution in [2.24, 2.45) is 5.73 Å². The Morgan fingerprint density at radius 2 is 1.72 bits per heavy atom. The molecule has 2 aromatic rings. The van der Waals surface area contributed by atoms with Crippen LogP contribution in [0.3, 0.4) is 0 Å². The molecule has 0 heterocycles. The Morgan fingerprint density at radius 1 is 1.06 bits per heavy atom. The fourth-order valence-electron chi connectivity index (χ4n) is 1.92. The second-order valence-electron chi connectivity index (χ2n) is 4.04. The summed E-state index contributed by atoms with van der Waals surface area (Å²) in [6, 6.07) is 18.1. The third kappa shape index (κ3) is 2.81. The summed E-state index contributed by atoms with van der Waals surface area (Å²) in [7, 11) is 1.67. The van der Waals surface area contributed by atoms with Crippen LogP contribution in [0.1, 0.15) is 11.6 Å². The molecule has 0 saturated heterocycles. The minimum absolute atomic E-state index is 0.0856. The second kappa shape index (κ2) is 6.07. The van der Waals surface area contributed by atoms with Crippen molar-refractivity contribution in [1.29, 1.82) is 0 Å². The van der Waals surface area contributed by atoms with Crippen LogP contribution >= 0.6 is 0 Å². The van der Waals surface area contributed by atoms with Gasteiger partial charge in [-0.2, -0.15) is 0 Å². The molecule has 0 fully saturated rings. The molecule has 0 saturated carbocycles. The van der Waals surface area contributed by atoms with Crippen LogP contribution < -0.4 is 15.8 Å². The van der Waals surface area contributed by atoms with Crippen molar-refractivity contribution in [3.8, 4) is 5.75 Å². The van der Waals surface area contributed by atoms with E-state index in [9.17, 15) is 0 Å². The molecule has 0 spiro atoms. The number of ether oxygens (including phenoxy) is 1. The van der Waals surface area contributed by atoms with Gasteiger partial charge in [-0.25, -0.2) is 0 Å². The van der Waals surface area contributed by atoms with Gasteiger partial charge >= 0.3 is 0 Å². The van der Waals surface area contributed by atoms with Crippen molar-refractivity contribution < 1.29 is 4.74 Å². The summed E-state index contributed by atoms with van der Waals surface area (Å²) in [4.78, 5) is 0. The maximum Gasteiger partial charge on any atom is 0.141 e. The number of anilines is 1. The quantitative estimate of drug-likeness (QED) is 0.847. The largest absolute Gasteiger partial charge is 0.495 e.